The Morgan fingerprint density at radius 1 is 1.55 bits per heavy atom. The summed E-state index contributed by atoms with van der Waals surface area (Å²) in [4.78, 5) is 3.40. The second-order valence-electron chi connectivity index (χ2n) is 5.34. The van der Waals surface area contributed by atoms with Gasteiger partial charge in [-0.2, -0.15) is 16.1 Å². The van der Waals surface area contributed by atoms with Crippen molar-refractivity contribution in [1.82, 2.24) is 14.6 Å². The number of aromatic nitrogens is 1. The van der Waals surface area contributed by atoms with Gasteiger partial charge in [0.1, 0.15) is 0 Å². The van der Waals surface area contributed by atoms with E-state index in [1.807, 2.05) is 13.2 Å². The van der Waals surface area contributed by atoms with Crippen LogP contribution in [0.4, 0.5) is 0 Å². The van der Waals surface area contributed by atoms with Crippen molar-refractivity contribution >= 4 is 21.8 Å². The summed E-state index contributed by atoms with van der Waals surface area (Å²) in [5.41, 5.74) is 0.918. The van der Waals surface area contributed by atoms with Gasteiger partial charge in [-0.05, 0) is 32.1 Å². The molecule has 1 saturated carbocycles. The van der Waals surface area contributed by atoms with Crippen LogP contribution in [0.15, 0.2) is 17.2 Å². The van der Waals surface area contributed by atoms with E-state index in [0.29, 0.717) is 17.5 Å². The number of hydrogen-bond acceptors (Lipinski definition) is 4. The van der Waals surface area contributed by atoms with Gasteiger partial charge in [-0.15, -0.1) is 0 Å². The standard InChI is InChI=1S/C13H23N3O2S2/c1-10(9-19-3)16(2)20(17,18)13-6-12(15-8-13)7-14-11-4-5-11/h6,8,10-11,14-15H,4-5,7,9H2,1-3H3. The highest BCUT2D eigenvalue weighted by atomic mass is 32.2. The van der Waals surface area contributed by atoms with Crippen molar-refractivity contribution in [1.29, 1.82) is 0 Å². The average molecular weight is 317 g/mol. The van der Waals surface area contributed by atoms with Gasteiger partial charge in [-0.1, -0.05) is 0 Å². The molecule has 2 rings (SSSR count). The number of aromatic amines is 1. The first-order chi connectivity index (χ1) is 9.45. The Kier molecular flexibility index (Phi) is 5.17. The van der Waals surface area contributed by atoms with Crippen molar-refractivity contribution in [2.45, 2.75) is 43.3 Å². The van der Waals surface area contributed by atoms with E-state index in [0.717, 1.165) is 11.4 Å². The van der Waals surface area contributed by atoms with Gasteiger partial charge < -0.3 is 10.3 Å². The van der Waals surface area contributed by atoms with Crippen molar-refractivity contribution in [3.05, 3.63) is 18.0 Å². The molecule has 1 heterocycles. The smallest absolute Gasteiger partial charge is 0.244 e. The fraction of sp³-hybridized carbons (Fsp3) is 0.692. The fourth-order valence-electron chi connectivity index (χ4n) is 1.96. The Labute approximate surface area is 125 Å². The van der Waals surface area contributed by atoms with E-state index in [-0.39, 0.29) is 6.04 Å². The molecule has 0 aromatic carbocycles. The molecule has 20 heavy (non-hydrogen) atoms. The van der Waals surface area contributed by atoms with Gasteiger partial charge in [0.2, 0.25) is 10.0 Å². The Morgan fingerprint density at radius 2 is 2.25 bits per heavy atom. The quantitative estimate of drug-likeness (QED) is 0.765. The monoisotopic (exact) mass is 317 g/mol. The Balaban J connectivity index is 2.04. The summed E-state index contributed by atoms with van der Waals surface area (Å²) in [7, 11) is -1.76. The number of nitrogens with zero attached hydrogens (tertiary/aromatic N) is 1. The van der Waals surface area contributed by atoms with E-state index in [4.69, 9.17) is 0 Å². The maximum absolute atomic E-state index is 12.5. The SMILES string of the molecule is CSCC(C)N(C)S(=O)(=O)c1c[nH]c(CNC2CC2)c1. The maximum Gasteiger partial charge on any atom is 0.244 e. The lowest BCUT2D eigenvalue weighted by atomic mass is 10.4. The van der Waals surface area contributed by atoms with Crippen molar-refractivity contribution in [2.75, 3.05) is 19.1 Å². The predicted octanol–water partition coefficient (Wildman–Crippen LogP) is 1.64. The molecule has 1 aliphatic carbocycles. The first-order valence-electron chi connectivity index (χ1n) is 6.82. The van der Waals surface area contributed by atoms with Crippen molar-refractivity contribution in [3.8, 4) is 0 Å². The molecule has 7 heteroatoms. The zero-order chi connectivity index (χ0) is 14.8. The highest BCUT2D eigenvalue weighted by Crippen LogP contribution is 2.21. The number of nitrogens with one attached hydrogen (secondary N) is 2. The summed E-state index contributed by atoms with van der Waals surface area (Å²) in [5, 5.41) is 3.37. The molecule has 1 aromatic heterocycles. The van der Waals surface area contributed by atoms with Gasteiger partial charge in [0.05, 0.1) is 4.90 Å². The van der Waals surface area contributed by atoms with E-state index in [1.54, 1.807) is 31.1 Å². The summed E-state index contributed by atoms with van der Waals surface area (Å²) in [6.45, 7) is 2.63. The summed E-state index contributed by atoms with van der Waals surface area (Å²) in [6, 6.07) is 2.33. The molecule has 0 amide bonds. The molecule has 114 valence electrons. The lowest BCUT2D eigenvalue weighted by Gasteiger charge is -2.22. The van der Waals surface area contributed by atoms with Crippen LogP contribution >= 0.6 is 11.8 Å². The van der Waals surface area contributed by atoms with Crippen LogP contribution in [0.25, 0.3) is 0 Å². The minimum atomic E-state index is -3.40. The molecule has 0 spiro atoms. The van der Waals surface area contributed by atoms with Crippen molar-refractivity contribution in [3.63, 3.8) is 0 Å². The molecule has 2 N–H and O–H groups in total. The molecule has 1 unspecified atom stereocenters. The van der Waals surface area contributed by atoms with Gasteiger partial charge in [0.15, 0.2) is 0 Å². The zero-order valence-corrected chi connectivity index (χ0v) is 13.9. The van der Waals surface area contributed by atoms with Crippen LogP contribution in [0.2, 0.25) is 0 Å². The third-order valence-electron chi connectivity index (χ3n) is 3.58. The highest BCUT2D eigenvalue weighted by Gasteiger charge is 2.26. The van der Waals surface area contributed by atoms with Gasteiger partial charge in [0.25, 0.3) is 0 Å². The molecule has 1 aliphatic rings. The lowest BCUT2D eigenvalue weighted by molar-refractivity contribution is 0.415. The Morgan fingerprint density at radius 3 is 2.85 bits per heavy atom. The van der Waals surface area contributed by atoms with E-state index in [1.165, 1.54) is 17.1 Å². The van der Waals surface area contributed by atoms with E-state index < -0.39 is 10.0 Å². The molecule has 0 aliphatic heterocycles. The summed E-state index contributed by atoms with van der Waals surface area (Å²) >= 11 is 1.65. The summed E-state index contributed by atoms with van der Waals surface area (Å²) in [6.07, 6.45) is 6.01. The van der Waals surface area contributed by atoms with Crippen molar-refractivity contribution < 1.29 is 8.42 Å². The normalized spacial score (nSPS) is 17.6. The highest BCUT2D eigenvalue weighted by molar-refractivity contribution is 7.98. The van der Waals surface area contributed by atoms with Crippen LogP contribution in [0, 0.1) is 0 Å². The van der Waals surface area contributed by atoms with Gasteiger partial charge in [-0.25, -0.2) is 8.42 Å². The molecule has 0 saturated heterocycles. The number of sulfonamides is 1. The topological polar surface area (TPSA) is 65.2 Å². The maximum atomic E-state index is 12.5. The minimum Gasteiger partial charge on any atom is -0.363 e. The van der Waals surface area contributed by atoms with Crippen LogP contribution in [-0.2, 0) is 16.6 Å². The number of thioether (sulfide) groups is 1. The van der Waals surface area contributed by atoms with Crippen LogP contribution < -0.4 is 5.32 Å². The van der Waals surface area contributed by atoms with Gasteiger partial charge in [0, 0.05) is 43.3 Å². The number of H-pyrrole nitrogens is 1. The van der Waals surface area contributed by atoms with Crippen LogP contribution in [-0.4, -0.2) is 48.8 Å². The zero-order valence-electron chi connectivity index (χ0n) is 12.2. The second kappa shape index (κ2) is 6.51. The van der Waals surface area contributed by atoms with Gasteiger partial charge in [-0.3, -0.25) is 0 Å². The first-order valence-corrected chi connectivity index (χ1v) is 9.66. The lowest BCUT2D eigenvalue weighted by Crippen LogP contribution is -2.36. The molecule has 5 nitrogen and oxygen atoms in total. The molecule has 1 aromatic rings. The Hall–Kier alpha value is -0.500. The van der Waals surface area contributed by atoms with Gasteiger partial charge >= 0.3 is 0 Å². The average Bonchev–Trinajstić information content (AvgIpc) is 3.11. The molecule has 1 fully saturated rings. The Bertz CT molecular complexity index is 538. The van der Waals surface area contributed by atoms with E-state index >= 15 is 0 Å². The largest absolute Gasteiger partial charge is 0.363 e. The predicted molar refractivity (Wildman–Crippen MR) is 83.4 cm³/mol. The summed E-state index contributed by atoms with van der Waals surface area (Å²) < 4.78 is 26.4. The molecule has 1 atom stereocenters. The van der Waals surface area contributed by atoms with Crippen LogP contribution in [0.3, 0.4) is 0 Å². The molecule has 0 radical (unpaired) electrons. The van der Waals surface area contributed by atoms with E-state index in [9.17, 15) is 8.42 Å². The minimum absolute atomic E-state index is 0.0158. The third kappa shape index (κ3) is 3.78. The fourth-order valence-corrected chi connectivity index (χ4v) is 4.14. The van der Waals surface area contributed by atoms with E-state index in [2.05, 4.69) is 10.3 Å². The second-order valence-corrected chi connectivity index (χ2v) is 8.25. The number of hydrogen-bond donors (Lipinski definition) is 2. The molecular formula is C13H23N3O2S2. The summed E-state index contributed by atoms with van der Waals surface area (Å²) in [5.74, 6) is 0.788. The number of rotatable bonds is 8. The third-order valence-corrected chi connectivity index (χ3v) is 6.35. The molecule has 0 bridgehead atoms. The van der Waals surface area contributed by atoms with Crippen LogP contribution in [0.1, 0.15) is 25.5 Å². The van der Waals surface area contributed by atoms with Crippen molar-refractivity contribution in [2.24, 2.45) is 0 Å². The molecular weight excluding hydrogens is 294 g/mol. The van der Waals surface area contributed by atoms with Crippen LogP contribution in [0.5, 0.6) is 0 Å². The first kappa shape index (κ1) is 15.9.